The van der Waals surface area contributed by atoms with E-state index in [1.807, 2.05) is 0 Å². The molecule has 0 bridgehead atoms. The molecule has 0 spiro atoms. The first-order valence-electron chi connectivity index (χ1n) is 6.46. The molecule has 0 aromatic carbocycles. The van der Waals surface area contributed by atoms with Crippen molar-refractivity contribution in [1.29, 1.82) is 0 Å². The van der Waals surface area contributed by atoms with E-state index in [9.17, 15) is 4.79 Å². The van der Waals surface area contributed by atoms with Gasteiger partial charge in [0.1, 0.15) is 5.82 Å². The number of hydrogen-bond acceptors (Lipinski definition) is 4. The Morgan fingerprint density at radius 2 is 2.39 bits per heavy atom. The van der Waals surface area contributed by atoms with Crippen molar-refractivity contribution in [3.8, 4) is 0 Å². The van der Waals surface area contributed by atoms with Gasteiger partial charge in [-0.25, -0.2) is 4.98 Å². The van der Waals surface area contributed by atoms with Gasteiger partial charge in [-0.1, -0.05) is 13.3 Å². The minimum absolute atomic E-state index is 0.0235. The first-order chi connectivity index (χ1) is 8.74. The lowest BCUT2D eigenvalue weighted by Gasteiger charge is -2.15. The van der Waals surface area contributed by atoms with Crippen LogP contribution in [0.2, 0.25) is 0 Å². The quantitative estimate of drug-likeness (QED) is 0.764. The summed E-state index contributed by atoms with van der Waals surface area (Å²) in [5.41, 5.74) is 0. The molecule has 100 valence electrons. The summed E-state index contributed by atoms with van der Waals surface area (Å²) < 4.78 is 5.08. The van der Waals surface area contributed by atoms with Gasteiger partial charge in [0.15, 0.2) is 0 Å². The van der Waals surface area contributed by atoms with Crippen molar-refractivity contribution in [2.75, 3.05) is 13.7 Å². The molecule has 1 aromatic rings. The van der Waals surface area contributed by atoms with Crippen LogP contribution in [0.15, 0.2) is 0 Å². The number of amides is 1. The summed E-state index contributed by atoms with van der Waals surface area (Å²) in [7, 11) is 1.63. The molecular formula is C12H20N4O2. The number of aromatic nitrogens is 3. The molecule has 1 aromatic heterocycles. The van der Waals surface area contributed by atoms with Gasteiger partial charge in [-0.3, -0.25) is 9.89 Å². The Balaban J connectivity index is 1.91. The third kappa shape index (κ3) is 3.29. The first-order valence-corrected chi connectivity index (χ1v) is 6.46. The molecule has 0 aliphatic heterocycles. The van der Waals surface area contributed by atoms with Crippen LogP contribution in [0.1, 0.15) is 55.0 Å². The molecule has 2 rings (SSSR count). The molecule has 0 radical (unpaired) electrons. The molecule has 2 N–H and O–H groups in total. The van der Waals surface area contributed by atoms with E-state index < -0.39 is 0 Å². The molecule has 1 heterocycles. The van der Waals surface area contributed by atoms with E-state index in [0.29, 0.717) is 12.5 Å². The summed E-state index contributed by atoms with van der Waals surface area (Å²) in [6, 6.07) is 0.0235. The summed E-state index contributed by atoms with van der Waals surface area (Å²) in [5, 5.41) is 9.69. The minimum atomic E-state index is -0.228. The Kier molecular flexibility index (Phi) is 4.30. The van der Waals surface area contributed by atoms with E-state index in [-0.39, 0.29) is 17.8 Å². The zero-order valence-electron chi connectivity index (χ0n) is 10.9. The van der Waals surface area contributed by atoms with Crippen LogP contribution in [0.25, 0.3) is 0 Å². The molecule has 1 aliphatic carbocycles. The number of nitrogens with one attached hydrogen (secondary N) is 2. The molecule has 1 saturated carbocycles. The third-order valence-electron chi connectivity index (χ3n) is 3.01. The molecule has 1 aliphatic rings. The second-order valence-electron chi connectivity index (χ2n) is 4.73. The van der Waals surface area contributed by atoms with Crippen molar-refractivity contribution < 1.29 is 9.53 Å². The SMILES string of the molecule is CCCC(COC)NC(=O)c1n[nH]c(C2CC2)n1. The monoisotopic (exact) mass is 252 g/mol. The van der Waals surface area contributed by atoms with E-state index in [1.54, 1.807) is 7.11 Å². The predicted octanol–water partition coefficient (Wildman–Crippen LogP) is 1.23. The van der Waals surface area contributed by atoms with Gasteiger partial charge < -0.3 is 10.1 Å². The average Bonchev–Trinajstić information content (AvgIpc) is 3.07. The highest BCUT2D eigenvalue weighted by Gasteiger charge is 2.28. The van der Waals surface area contributed by atoms with Crippen LogP contribution in [0.4, 0.5) is 0 Å². The van der Waals surface area contributed by atoms with E-state index in [4.69, 9.17) is 4.74 Å². The molecule has 1 fully saturated rings. The Morgan fingerprint density at radius 1 is 1.61 bits per heavy atom. The van der Waals surface area contributed by atoms with Crippen LogP contribution < -0.4 is 5.32 Å². The van der Waals surface area contributed by atoms with Crippen molar-refractivity contribution in [1.82, 2.24) is 20.5 Å². The lowest BCUT2D eigenvalue weighted by Crippen LogP contribution is -2.38. The van der Waals surface area contributed by atoms with Gasteiger partial charge in [-0.05, 0) is 19.3 Å². The summed E-state index contributed by atoms with van der Waals surface area (Å²) >= 11 is 0. The van der Waals surface area contributed by atoms with Gasteiger partial charge in [0.25, 0.3) is 5.91 Å². The van der Waals surface area contributed by atoms with Crippen LogP contribution in [0, 0.1) is 0 Å². The summed E-state index contributed by atoms with van der Waals surface area (Å²) in [6.07, 6.45) is 4.16. The zero-order chi connectivity index (χ0) is 13.0. The van der Waals surface area contributed by atoms with Gasteiger partial charge >= 0.3 is 0 Å². The van der Waals surface area contributed by atoms with Gasteiger partial charge in [0.05, 0.1) is 12.6 Å². The normalized spacial score (nSPS) is 16.6. The van der Waals surface area contributed by atoms with Gasteiger partial charge in [0, 0.05) is 13.0 Å². The molecule has 6 nitrogen and oxygen atoms in total. The maximum atomic E-state index is 11.9. The number of ether oxygens (including phenoxy) is 1. The second-order valence-corrected chi connectivity index (χ2v) is 4.73. The topological polar surface area (TPSA) is 79.9 Å². The molecule has 6 heteroatoms. The first kappa shape index (κ1) is 13.0. The number of methoxy groups -OCH3 is 1. The number of hydrogen-bond donors (Lipinski definition) is 2. The highest BCUT2D eigenvalue weighted by molar-refractivity contribution is 5.90. The number of H-pyrrole nitrogens is 1. The van der Waals surface area contributed by atoms with E-state index in [1.165, 1.54) is 0 Å². The van der Waals surface area contributed by atoms with Crippen LogP contribution in [-0.4, -0.2) is 40.8 Å². The maximum Gasteiger partial charge on any atom is 0.291 e. The third-order valence-corrected chi connectivity index (χ3v) is 3.01. The largest absolute Gasteiger partial charge is 0.383 e. The predicted molar refractivity (Wildman–Crippen MR) is 66.4 cm³/mol. The van der Waals surface area contributed by atoms with Gasteiger partial charge in [-0.15, -0.1) is 5.10 Å². The standard InChI is InChI=1S/C12H20N4O2/c1-3-4-9(7-18-2)13-12(17)11-14-10(15-16-11)8-5-6-8/h8-9H,3-7H2,1-2H3,(H,13,17)(H,14,15,16). The number of rotatable bonds is 7. The molecule has 1 amide bonds. The number of carbonyl (C=O) groups excluding carboxylic acids is 1. The molecule has 18 heavy (non-hydrogen) atoms. The van der Waals surface area contributed by atoms with Crippen molar-refractivity contribution in [2.45, 2.75) is 44.6 Å². The fraction of sp³-hybridized carbons (Fsp3) is 0.750. The number of nitrogens with zero attached hydrogens (tertiary/aromatic N) is 2. The second kappa shape index (κ2) is 5.95. The summed E-state index contributed by atoms with van der Waals surface area (Å²) in [4.78, 5) is 16.2. The van der Waals surface area contributed by atoms with Crippen molar-refractivity contribution in [2.24, 2.45) is 0 Å². The molecule has 1 atom stereocenters. The lowest BCUT2D eigenvalue weighted by molar-refractivity contribution is 0.0881. The maximum absolute atomic E-state index is 11.9. The average molecular weight is 252 g/mol. The van der Waals surface area contributed by atoms with Crippen molar-refractivity contribution >= 4 is 5.91 Å². The van der Waals surface area contributed by atoms with E-state index >= 15 is 0 Å². The molecule has 0 saturated heterocycles. The minimum Gasteiger partial charge on any atom is -0.383 e. The lowest BCUT2D eigenvalue weighted by atomic mass is 10.2. The van der Waals surface area contributed by atoms with Crippen LogP contribution >= 0.6 is 0 Å². The Labute approximate surface area is 107 Å². The van der Waals surface area contributed by atoms with E-state index in [0.717, 1.165) is 31.5 Å². The van der Waals surface area contributed by atoms with Crippen LogP contribution in [0.3, 0.4) is 0 Å². The summed E-state index contributed by atoms with van der Waals surface area (Å²) in [6.45, 7) is 2.59. The Hall–Kier alpha value is -1.43. The molecule has 1 unspecified atom stereocenters. The van der Waals surface area contributed by atoms with E-state index in [2.05, 4.69) is 27.4 Å². The van der Waals surface area contributed by atoms with Crippen LogP contribution in [0.5, 0.6) is 0 Å². The van der Waals surface area contributed by atoms with Crippen molar-refractivity contribution in [3.63, 3.8) is 0 Å². The highest BCUT2D eigenvalue weighted by Crippen LogP contribution is 2.37. The smallest absolute Gasteiger partial charge is 0.291 e. The Morgan fingerprint density at radius 3 is 3.00 bits per heavy atom. The summed E-state index contributed by atoms with van der Waals surface area (Å²) in [5.74, 6) is 1.31. The fourth-order valence-electron chi connectivity index (χ4n) is 1.91. The molecular weight excluding hydrogens is 232 g/mol. The number of aromatic amines is 1. The highest BCUT2D eigenvalue weighted by atomic mass is 16.5. The van der Waals surface area contributed by atoms with Gasteiger partial charge in [0.2, 0.25) is 5.82 Å². The van der Waals surface area contributed by atoms with Crippen molar-refractivity contribution in [3.05, 3.63) is 11.6 Å². The van der Waals surface area contributed by atoms with Crippen LogP contribution in [-0.2, 0) is 4.74 Å². The zero-order valence-corrected chi connectivity index (χ0v) is 10.9. The fourth-order valence-corrected chi connectivity index (χ4v) is 1.91. The Bertz CT molecular complexity index is 395. The number of carbonyl (C=O) groups is 1. The van der Waals surface area contributed by atoms with Gasteiger partial charge in [-0.2, -0.15) is 0 Å².